The van der Waals surface area contributed by atoms with Crippen LogP contribution >= 0.6 is 7.75 Å². The van der Waals surface area contributed by atoms with E-state index in [0.717, 1.165) is 22.3 Å². The molecule has 3 aromatic carbocycles. The molecule has 0 spiro atoms. The van der Waals surface area contributed by atoms with E-state index in [4.69, 9.17) is 19.3 Å². The third-order valence-corrected chi connectivity index (χ3v) is 8.51. The number of carbonyl (C=O) groups is 3. The Morgan fingerprint density at radius 2 is 1.59 bits per heavy atom. The number of nitrogens with zero attached hydrogens (tertiary/aromatic N) is 2. The Morgan fingerprint density at radius 1 is 0.955 bits per heavy atom. The van der Waals surface area contributed by atoms with Crippen molar-refractivity contribution < 1.29 is 42.6 Å². The molecule has 0 fully saturated rings. The Kier molecular flexibility index (Phi) is 11.6. The van der Waals surface area contributed by atoms with Gasteiger partial charge in [0.25, 0.3) is 0 Å². The van der Waals surface area contributed by atoms with Crippen LogP contribution in [0.15, 0.2) is 78.9 Å². The van der Waals surface area contributed by atoms with Crippen LogP contribution in [0.1, 0.15) is 42.7 Å². The second kappa shape index (κ2) is 15.7. The third kappa shape index (κ3) is 8.95. The van der Waals surface area contributed by atoms with E-state index in [1.165, 1.54) is 12.1 Å². The van der Waals surface area contributed by atoms with Crippen LogP contribution in [0.25, 0.3) is 16.7 Å². The molecule has 0 radical (unpaired) electrons. The fourth-order valence-corrected chi connectivity index (χ4v) is 6.38. The van der Waals surface area contributed by atoms with Crippen LogP contribution in [0.2, 0.25) is 0 Å². The number of unbranched alkanes of at least 4 members (excludes halogenated alkanes) is 1. The van der Waals surface area contributed by atoms with Crippen molar-refractivity contribution in [2.75, 3.05) is 19.8 Å². The van der Waals surface area contributed by atoms with Crippen molar-refractivity contribution in [1.29, 1.82) is 0 Å². The lowest BCUT2D eigenvalue weighted by Gasteiger charge is -2.23. The summed E-state index contributed by atoms with van der Waals surface area (Å²) in [4.78, 5) is 38.5. The van der Waals surface area contributed by atoms with Crippen molar-refractivity contribution in [1.82, 2.24) is 10.4 Å². The van der Waals surface area contributed by atoms with Crippen molar-refractivity contribution in [3.63, 3.8) is 0 Å². The molecule has 0 heterocycles. The van der Waals surface area contributed by atoms with Gasteiger partial charge in [0.2, 0.25) is 5.78 Å². The predicted octanol–water partition coefficient (Wildman–Crippen LogP) is 5.20. The molecule has 1 amide bonds. The molecular formula is C31H33N4O8P. The average molecular weight is 621 g/mol. The molecule has 0 aromatic heterocycles. The summed E-state index contributed by atoms with van der Waals surface area (Å²) in [5.74, 6) is -1.84. The largest absolute Gasteiger partial charge is 0.480 e. The highest BCUT2D eigenvalue weighted by atomic mass is 31.2. The first kappa shape index (κ1) is 32.3. The average Bonchev–Trinajstić information content (AvgIpc) is 3.34. The second-order valence-corrected chi connectivity index (χ2v) is 11.7. The first-order valence-electron chi connectivity index (χ1n) is 14.1. The number of carboxylic acids is 1. The first-order chi connectivity index (χ1) is 21.3. The molecule has 1 aliphatic carbocycles. The number of hydrogen-bond donors (Lipinski definition) is 3. The maximum atomic E-state index is 13.5. The smallest absolute Gasteiger partial charge is 0.459 e. The van der Waals surface area contributed by atoms with E-state index < -0.39 is 31.6 Å². The number of ketones is 1. The number of Topliss-reactive ketones (excluding diaryl/α,β-unsaturated/α-hetero) is 1. The van der Waals surface area contributed by atoms with Crippen molar-refractivity contribution in [2.45, 2.75) is 37.6 Å². The van der Waals surface area contributed by atoms with Gasteiger partial charge in [-0.05, 0) is 53.6 Å². The molecular weight excluding hydrogens is 587 g/mol. The number of benzene rings is 3. The van der Waals surface area contributed by atoms with Gasteiger partial charge in [-0.3, -0.25) is 14.1 Å². The molecule has 0 aliphatic heterocycles. The zero-order valence-electron chi connectivity index (χ0n) is 23.8. The molecule has 12 nitrogen and oxygen atoms in total. The Morgan fingerprint density at radius 3 is 2.23 bits per heavy atom. The molecule has 0 saturated heterocycles. The molecule has 13 heteroatoms. The van der Waals surface area contributed by atoms with Gasteiger partial charge in [0.15, 0.2) is 0 Å². The number of rotatable bonds is 17. The van der Waals surface area contributed by atoms with Gasteiger partial charge < -0.3 is 25.2 Å². The Balaban J connectivity index is 1.24. The van der Waals surface area contributed by atoms with E-state index in [2.05, 4.69) is 27.3 Å². The highest BCUT2D eigenvalue weighted by Gasteiger charge is 2.34. The number of fused-ring (bicyclic) bond motifs is 3. The van der Waals surface area contributed by atoms with E-state index in [-0.39, 0.29) is 44.3 Å². The van der Waals surface area contributed by atoms with Gasteiger partial charge in [-0.25, -0.2) is 9.36 Å². The van der Waals surface area contributed by atoms with E-state index in [1.54, 1.807) is 18.2 Å². The van der Waals surface area contributed by atoms with Crippen LogP contribution in [0.5, 0.6) is 5.75 Å². The van der Waals surface area contributed by atoms with Gasteiger partial charge in [-0.2, -0.15) is 9.88 Å². The lowest BCUT2D eigenvalue weighted by molar-refractivity contribution is -0.139. The molecule has 230 valence electrons. The number of para-hydroxylation sites is 1. The third-order valence-electron chi connectivity index (χ3n) is 6.91. The normalized spacial score (nSPS) is 13.8. The Bertz CT molecular complexity index is 1520. The van der Waals surface area contributed by atoms with E-state index in [1.807, 2.05) is 36.4 Å². The summed E-state index contributed by atoms with van der Waals surface area (Å²) in [6.45, 7) is 0.382. The number of hydrogen-bond acceptors (Lipinski definition) is 7. The number of alkyl carbamates (subject to hydrolysis) is 1. The minimum atomic E-state index is -4.21. The van der Waals surface area contributed by atoms with Gasteiger partial charge in [-0.15, -0.1) is 0 Å². The van der Waals surface area contributed by atoms with Gasteiger partial charge in [0.05, 0.1) is 6.61 Å². The van der Waals surface area contributed by atoms with Gasteiger partial charge in [0.1, 0.15) is 18.4 Å². The summed E-state index contributed by atoms with van der Waals surface area (Å²) in [6.07, 6.45) is 0.379. The zero-order chi connectivity index (χ0) is 31.4. The monoisotopic (exact) mass is 620 g/mol. The molecule has 44 heavy (non-hydrogen) atoms. The fraction of sp³-hybridized carbons (Fsp3) is 0.290. The van der Waals surface area contributed by atoms with E-state index >= 15 is 0 Å². The van der Waals surface area contributed by atoms with Crippen molar-refractivity contribution in [2.24, 2.45) is 0 Å². The maximum Gasteiger partial charge on any atom is 0.459 e. The number of nitrogens with one attached hydrogen (secondary N) is 2. The lowest BCUT2D eigenvalue weighted by Crippen LogP contribution is -2.37. The maximum absolute atomic E-state index is 13.5. The van der Waals surface area contributed by atoms with Crippen LogP contribution in [0.4, 0.5) is 4.79 Å². The molecule has 3 N–H and O–H groups in total. The molecule has 2 atom stereocenters. The minimum Gasteiger partial charge on any atom is -0.480 e. The standard InChI is InChI=1S/C31H33N4O8P/c32-34-20-22(36)16-17-29(30(37)38)35-44(40,43-23-10-2-1-3-11-23)42-19-9-8-18-33-31(39)41-21-28-26-14-6-4-12-24(26)25-13-5-7-15-27(25)28/h1-7,10-15,20,28-29H,8-9,16-19,21H2,(H,33,39)(H,35,40)(H,37,38)/t29-,44?/m0/s1. The number of carbonyl (C=O) groups excluding carboxylic acids is 2. The van der Waals surface area contributed by atoms with Crippen LogP contribution < -0.4 is 14.9 Å². The quantitative estimate of drug-likeness (QED) is 0.0602. The zero-order valence-corrected chi connectivity index (χ0v) is 24.7. The number of carboxylic acid groups (broad SMARTS) is 1. The highest BCUT2D eigenvalue weighted by molar-refractivity contribution is 7.52. The Hall–Kier alpha value is -4.60. The Labute approximate surface area is 254 Å². The molecule has 1 aliphatic rings. The molecule has 0 saturated carbocycles. The van der Waals surface area contributed by atoms with E-state index in [0.29, 0.717) is 19.1 Å². The highest BCUT2D eigenvalue weighted by Crippen LogP contribution is 2.46. The summed E-state index contributed by atoms with van der Waals surface area (Å²) < 4.78 is 30.1. The second-order valence-electron chi connectivity index (χ2n) is 9.96. The summed E-state index contributed by atoms with van der Waals surface area (Å²) in [5.41, 5.74) is 13.0. The van der Waals surface area contributed by atoms with Crippen LogP contribution in [-0.2, 0) is 23.4 Å². The molecule has 3 aromatic rings. The van der Waals surface area contributed by atoms with Gasteiger partial charge in [0, 0.05) is 18.9 Å². The van der Waals surface area contributed by atoms with Crippen molar-refractivity contribution in [3.05, 3.63) is 95.5 Å². The van der Waals surface area contributed by atoms with Crippen molar-refractivity contribution in [3.8, 4) is 16.9 Å². The summed E-state index contributed by atoms with van der Waals surface area (Å²) in [5, 5.41) is 14.7. The van der Waals surface area contributed by atoms with Crippen LogP contribution in [-0.4, -0.2) is 59.8 Å². The summed E-state index contributed by atoms with van der Waals surface area (Å²) >= 11 is 0. The number of aliphatic carboxylic acids is 1. The molecule has 4 rings (SSSR count). The predicted molar refractivity (Wildman–Crippen MR) is 161 cm³/mol. The SMILES string of the molecule is [N-]=[N+]=CC(=O)CC[C@H](NP(=O)(OCCCCNC(=O)OCC1c2ccccc2-c2ccccc21)Oc1ccccc1)C(=O)O. The van der Waals surface area contributed by atoms with E-state index in [9.17, 15) is 24.1 Å². The minimum absolute atomic E-state index is 0.0524. The summed E-state index contributed by atoms with van der Waals surface area (Å²) in [6, 6.07) is 22.8. The van der Waals surface area contributed by atoms with Crippen LogP contribution in [0.3, 0.4) is 0 Å². The van der Waals surface area contributed by atoms with Crippen molar-refractivity contribution >= 4 is 31.8 Å². The fourth-order valence-electron chi connectivity index (χ4n) is 4.81. The molecule has 0 bridgehead atoms. The lowest BCUT2D eigenvalue weighted by atomic mass is 9.98. The van der Waals surface area contributed by atoms with Crippen LogP contribution in [0, 0.1) is 0 Å². The van der Waals surface area contributed by atoms with Gasteiger partial charge >= 0.3 is 26.0 Å². The summed E-state index contributed by atoms with van der Waals surface area (Å²) in [7, 11) is -4.21. The molecule has 1 unspecified atom stereocenters. The number of ether oxygens (including phenoxy) is 1. The number of amides is 1. The first-order valence-corrected chi connectivity index (χ1v) is 15.6. The van der Waals surface area contributed by atoms with Gasteiger partial charge in [-0.1, -0.05) is 66.7 Å². The topological polar surface area (TPSA) is 177 Å².